The van der Waals surface area contributed by atoms with Crippen LogP contribution in [0.1, 0.15) is 45.4 Å². The fraction of sp³-hybridized carbons (Fsp3) is 0.583. The van der Waals surface area contributed by atoms with Crippen molar-refractivity contribution in [1.29, 1.82) is 0 Å². The van der Waals surface area contributed by atoms with Gasteiger partial charge >= 0.3 is 0 Å². The lowest BCUT2D eigenvalue weighted by Crippen LogP contribution is -2.41. The number of carbonyl (C=O) groups is 2. The molecule has 2 amide bonds. The van der Waals surface area contributed by atoms with Gasteiger partial charge in [0.25, 0.3) is 0 Å². The van der Waals surface area contributed by atoms with E-state index in [1.165, 1.54) is 17.0 Å². The maximum Gasteiger partial charge on any atom is 0.228 e. The van der Waals surface area contributed by atoms with Gasteiger partial charge in [-0.25, -0.2) is 0 Å². The molecule has 2 fully saturated rings. The second kappa shape index (κ2) is 11.4. The Morgan fingerprint density at radius 3 is 2.61 bits per heavy atom. The van der Waals surface area contributed by atoms with Crippen LogP contribution in [0, 0.1) is 5.92 Å². The lowest BCUT2D eigenvalue weighted by Gasteiger charge is -2.31. The monoisotopic (exact) mass is 470 g/mol. The van der Waals surface area contributed by atoms with Gasteiger partial charge in [0, 0.05) is 57.3 Å². The molecular weight excluding hydrogens is 436 g/mol. The number of rotatable bonds is 9. The Bertz CT molecular complexity index is 913. The van der Waals surface area contributed by atoms with E-state index in [1.807, 2.05) is 6.07 Å². The van der Waals surface area contributed by atoms with Gasteiger partial charge < -0.3 is 15.1 Å². The van der Waals surface area contributed by atoms with Gasteiger partial charge in [0.2, 0.25) is 22.1 Å². The summed E-state index contributed by atoms with van der Waals surface area (Å²) in [7, 11) is 0. The van der Waals surface area contributed by atoms with Crippen molar-refractivity contribution < 1.29 is 9.59 Å². The number of anilines is 3. The maximum absolute atomic E-state index is 12.7. The topological polar surface area (TPSA) is 81.7 Å². The molecule has 0 unspecified atom stereocenters. The molecular formula is C24H34N6O2S. The molecule has 0 spiro atoms. The fourth-order valence-corrected chi connectivity index (χ4v) is 5.46. The van der Waals surface area contributed by atoms with E-state index in [-0.39, 0.29) is 17.7 Å². The van der Waals surface area contributed by atoms with Gasteiger partial charge in [-0.15, -0.1) is 10.2 Å². The molecule has 0 aliphatic carbocycles. The Labute approximate surface area is 200 Å². The molecule has 1 aromatic carbocycles. The van der Waals surface area contributed by atoms with Gasteiger partial charge in [-0.3, -0.25) is 14.5 Å². The summed E-state index contributed by atoms with van der Waals surface area (Å²) in [6.07, 6.45) is 5.13. The summed E-state index contributed by atoms with van der Waals surface area (Å²) < 4.78 is 0. The normalized spacial score (nSPS) is 17.3. The molecule has 0 atom stereocenters. The van der Waals surface area contributed by atoms with Crippen molar-refractivity contribution in [2.24, 2.45) is 5.92 Å². The van der Waals surface area contributed by atoms with E-state index in [0.29, 0.717) is 18.1 Å². The van der Waals surface area contributed by atoms with Crippen molar-refractivity contribution in [2.45, 2.75) is 45.4 Å². The van der Waals surface area contributed by atoms with E-state index in [2.05, 4.69) is 56.5 Å². The minimum absolute atomic E-state index is 0.0497. The van der Waals surface area contributed by atoms with Gasteiger partial charge in [0.15, 0.2) is 0 Å². The summed E-state index contributed by atoms with van der Waals surface area (Å²) >= 11 is 1.48. The number of nitrogens with zero attached hydrogens (tertiary/aromatic N) is 5. The van der Waals surface area contributed by atoms with Crippen LogP contribution < -0.4 is 20.0 Å². The van der Waals surface area contributed by atoms with Crippen molar-refractivity contribution >= 4 is 39.1 Å². The maximum atomic E-state index is 12.7. The Morgan fingerprint density at radius 2 is 1.88 bits per heavy atom. The second-order valence-corrected chi connectivity index (χ2v) is 9.63. The third kappa shape index (κ3) is 6.01. The smallest absolute Gasteiger partial charge is 0.228 e. The zero-order valence-electron chi connectivity index (χ0n) is 19.4. The Hall–Kier alpha value is -2.68. The summed E-state index contributed by atoms with van der Waals surface area (Å²) in [5, 5.41) is 13.3. The number of benzene rings is 1. The molecule has 3 heterocycles. The van der Waals surface area contributed by atoms with Crippen LogP contribution in [-0.4, -0.2) is 61.3 Å². The van der Waals surface area contributed by atoms with Crippen LogP contribution in [0.15, 0.2) is 30.3 Å². The van der Waals surface area contributed by atoms with E-state index < -0.39 is 0 Å². The van der Waals surface area contributed by atoms with Crippen LogP contribution in [-0.2, 0) is 9.59 Å². The van der Waals surface area contributed by atoms with E-state index in [0.717, 1.165) is 70.0 Å². The number of para-hydroxylation sites is 1. The van der Waals surface area contributed by atoms with Crippen molar-refractivity contribution in [3.8, 4) is 0 Å². The molecule has 8 nitrogen and oxygen atoms in total. The number of hydrogen-bond acceptors (Lipinski definition) is 7. The Balaban J connectivity index is 1.18. The molecule has 2 saturated heterocycles. The highest BCUT2D eigenvalue weighted by molar-refractivity contribution is 7.19. The quantitative estimate of drug-likeness (QED) is 0.567. The minimum atomic E-state index is 0.0497. The van der Waals surface area contributed by atoms with E-state index >= 15 is 0 Å². The summed E-state index contributed by atoms with van der Waals surface area (Å²) in [6, 6.07) is 10.4. The number of carbonyl (C=O) groups excluding carboxylic acids is 2. The van der Waals surface area contributed by atoms with Gasteiger partial charge in [-0.1, -0.05) is 29.5 Å². The van der Waals surface area contributed by atoms with Crippen molar-refractivity contribution in [3.63, 3.8) is 0 Å². The molecule has 0 radical (unpaired) electrons. The highest BCUT2D eigenvalue weighted by atomic mass is 32.1. The van der Waals surface area contributed by atoms with Gasteiger partial charge in [0.05, 0.1) is 0 Å². The third-order valence-electron chi connectivity index (χ3n) is 6.50. The molecule has 178 valence electrons. The molecule has 1 aromatic heterocycles. The van der Waals surface area contributed by atoms with Crippen molar-refractivity contribution in [3.05, 3.63) is 30.3 Å². The predicted molar refractivity (Wildman–Crippen MR) is 133 cm³/mol. The first-order chi connectivity index (χ1) is 16.2. The van der Waals surface area contributed by atoms with Gasteiger partial charge in [0.1, 0.15) is 0 Å². The van der Waals surface area contributed by atoms with E-state index in [1.54, 1.807) is 4.90 Å². The second-order valence-electron chi connectivity index (χ2n) is 8.69. The van der Waals surface area contributed by atoms with Crippen LogP contribution >= 0.6 is 11.3 Å². The summed E-state index contributed by atoms with van der Waals surface area (Å²) in [6.45, 7) is 7.05. The molecule has 1 N–H and O–H groups in total. The molecule has 33 heavy (non-hydrogen) atoms. The van der Waals surface area contributed by atoms with Crippen molar-refractivity contribution in [1.82, 2.24) is 15.5 Å². The predicted octanol–water partition coefficient (Wildman–Crippen LogP) is 3.30. The van der Waals surface area contributed by atoms with Crippen LogP contribution in [0.3, 0.4) is 0 Å². The molecule has 2 aliphatic heterocycles. The summed E-state index contributed by atoms with van der Waals surface area (Å²) in [4.78, 5) is 31.1. The van der Waals surface area contributed by atoms with Crippen LogP contribution in [0.5, 0.6) is 0 Å². The Morgan fingerprint density at radius 1 is 1.12 bits per heavy atom. The van der Waals surface area contributed by atoms with Crippen molar-refractivity contribution in [2.75, 3.05) is 54.0 Å². The fourth-order valence-electron chi connectivity index (χ4n) is 4.52. The molecule has 2 aromatic rings. The largest absolute Gasteiger partial charge is 0.372 e. The first-order valence-corrected chi connectivity index (χ1v) is 12.9. The first-order valence-electron chi connectivity index (χ1n) is 12.1. The number of aromatic nitrogens is 2. The van der Waals surface area contributed by atoms with Gasteiger partial charge in [-0.05, 0) is 51.2 Å². The molecule has 0 bridgehead atoms. The highest BCUT2D eigenvalue weighted by Crippen LogP contribution is 2.31. The average molecular weight is 471 g/mol. The van der Waals surface area contributed by atoms with Crippen LogP contribution in [0.2, 0.25) is 0 Å². The zero-order valence-corrected chi connectivity index (χ0v) is 20.2. The van der Waals surface area contributed by atoms with Gasteiger partial charge in [-0.2, -0.15) is 0 Å². The first kappa shape index (κ1) is 23.5. The standard InChI is InChI=1S/C24H34N6O2S/c1-2-28(20-9-4-3-5-10-20)15-8-14-25-22(32)19-12-17-29(18-13-19)23-26-27-24(33-23)30-16-7-6-11-21(30)31/h3-5,9-10,19H,2,6-8,11-18H2,1H3,(H,25,32). The van der Waals surface area contributed by atoms with E-state index in [4.69, 9.17) is 0 Å². The molecule has 0 saturated carbocycles. The number of amides is 2. The van der Waals surface area contributed by atoms with E-state index in [9.17, 15) is 9.59 Å². The SMILES string of the molecule is CCN(CCCNC(=O)C1CCN(c2nnc(N3CCCCC3=O)s2)CC1)c1ccccc1. The third-order valence-corrected chi connectivity index (χ3v) is 7.51. The van der Waals surface area contributed by atoms with Crippen LogP contribution in [0.4, 0.5) is 16.0 Å². The molecule has 4 rings (SSSR count). The molecule has 9 heteroatoms. The Kier molecular flexibility index (Phi) is 8.15. The lowest BCUT2D eigenvalue weighted by atomic mass is 9.96. The number of piperidine rings is 2. The number of hydrogen-bond donors (Lipinski definition) is 1. The average Bonchev–Trinajstić information content (AvgIpc) is 3.35. The summed E-state index contributed by atoms with van der Waals surface area (Å²) in [5.74, 6) is 0.355. The van der Waals surface area contributed by atoms with Crippen LogP contribution in [0.25, 0.3) is 0 Å². The summed E-state index contributed by atoms with van der Waals surface area (Å²) in [5.41, 5.74) is 1.23. The zero-order chi connectivity index (χ0) is 23.0. The molecule has 2 aliphatic rings. The lowest BCUT2D eigenvalue weighted by molar-refractivity contribution is -0.125. The minimum Gasteiger partial charge on any atom is -0.372 e. The number of nitrogens with one attached hydrogen (secondary N) is 1. The highest BCUT2D eigenvalue weighted by Gasteiger charge is 2.28.